The number of fused-ring (bicyclic) bond motifs is 1. The third-order valence-electron chi connectivity index (χ3n) is 9.67. The Kier molecular flexibility index (Phi) is 8.38. The number of anilines is 1. The summed E-state index contributed by atoms with van der Waals surface area (Å²) in [6.07, 6.45) is 4.06. The summed E-state index contributed by atoms with van der Waals surface area (Å²) in [6, 6.07) is 20.1. The second-order valence-corrected chi connectivity index (χ2v) is 13.2. The summed E-state index contributed by atoms with van der Waals surface area (Å²) in [5, 5.41) is 2.22. The molecule has 0 radical (unpaired) electrons. The normalized spacial score (nSPS) is 18.8. The van der Waals surface area contributed by atoms with Crippen LogP contribution in [-0.4, -0.2) is 69.5 Å². The Morgan fingerprint density at radius 2 is 1.48 bits per heavy atom. The molecule has 7 rings (SSSR count). The van der Waals surface area contributed by atoms with Crippen LogP contribution in [0.3, 0.4) is 0 Å². The predicted molar refractivity (Wildman–Crippen MR) is 181 cm³/mol. The molecule has 50 heavy (non-hydrogen) atoms. The Hall–Kier alpha value is -5.91. The van der Waals surface area contributed by atoms with E-state index in [0.29, 0.717) is 18.1 Å². The van der Waals surface area contributed by atoms with Crippen LogP contribution in [0.2, 0.25) is 0 Å². The van der Waals surface area contributed by atoms with Gasteiger partial charge in [0.15, 0.2) is 17.4 Å². The number of hydrogen-bond donors (Lipinski definition) is 1. The van der Waals surface area contributed by atoms with Gasteiger partial charge in [0.2, 0.25) is 11.8 Å². The van der Waals surface area contributed by atoms with Crippen molar-refractivity contribution in [3.05, 3.63) is 107 Å². The number of Topliss-reactive ketones (excluding diaryl/α,β-unsaturated/α-hetero) is 1. The average molecular weight is 674 g/mol. The third-order valence-corrected chi connectivity index (χ3v) is 9.67. The molecule has 2 saturated heterocycles. The Morgan fingerprint density at radius 3 is 2.08 bits per heavy atom. The highest BCUT2D eigenvalue weighted by molar-refractivity contribution is 6.23. The quantitative estimate of drug-likeness (QED) is 0.183. The molecule has 2 fully saturated rings. The molecule has 12 heteroatoms. The number of carbonyl (C=O) groups excluding carboxylic acids is 5. The number of aromatic nitrogens is 2. The number of benzene rings is 3. The second kappa shape index (κ2) is 12.8. The Morgan fingerprint density at radius 1 is 0.840 bits per heavy atom. The van der Waals surface area contributed by atoms with Crippen LogP contribution < -0.4 is 19.7 Å². The first-order valence-corrected chi connectivity index (χ1v) is 16.5. The molecule has 0 saturated carbocycles. The molecule has 0 bridgehead atoms. The molecular formula is C38H35N5O7. The van der Waals surface area contributed by atoms with E-state index >= 15 is 0 Å². The number of hydrogen-bond acceptors (Lipinski definition) is 10. The van der Waals surface area contributed by atoms with E-state index in [1.54, 1.807) is 12.1 Å². The lowest BCUT2D eigenvalue weighted by Gasteiger charge is -2.42. The Bertz CT molecular complexity index is 2010. The molecule has 1 unspecified atom stereocenters. The fourth-order valence-corrected chi connectivity index (χ4v) is 6.54. The molecule has 3 aromatic carbocycles. The van der Waals surface area contributed by atoms with Gasteiger partial charge in [-0.3, -0.25) is 34.2 Å². The number of piperidine rings is 1. The monoisotopic (exact) mass is 673 g/mol. The summed E-state index contributed by atoms with van der Waals surface area (Å²) in [7, 11) is 0. The van der Waals surface area contributed by atoms with Crippen molar-refractivity contribution in [1.29, 1.82) is 0 Å². The summed E-state index contributed by atoms with van der Waals surface area (Å²) in [4.78, 5) is 72.9. The minimum Gasteiger partial charge on any atom is -0.491 e. The van der Waals surface area contributed by atoms with Gasteiger partial charge in [-0.05, 0) is 66.4 Å². The van der Waals surface area contributed by atoms with Crippen LogP contribution in [0.4, 0.5) is 5.69 Å². The molecule has 3 aliphatic heterocycles. The first-order chi connectivity index (χ1) is 24.0. The van der Waals surface area contributed by atoms with E-state index in [4.69, 9.17) is 9.47 Å². The van der Waals surface area contributed by atoms with Gasteiger partial charge >= 0.3 is 0 Å². The maximum Gasteiger partial charge on any atom is 0.262 e. The van der Waals surface area contributed by atoms with Gasteiger partial charge in [0.05, 0.1) is 29.6 Å². The second-order valence-electron chi connectivity index (χ2n) is 13.2. The molecule has 4 amide bonds. The van der Waals surface area contributed by atoms with Crippen LogP contribution >= 0.6 is 0 Å². The van der Waals surface area contributed by atoms with Gasteiger partial charge in [0, 0.05) is 31.0 Å². The predicted octanol–water partition coefficient (Wildman–Crippen LogP) is 4.86. The number of nitrogens with one attached hydrogen (secondary N) is 1. The van der Waals surface area contributed by atoms with Gasteiger partial charge in [-0.25, -0.2) is 9.97 Å². The van der Waals surface area contributed by atoms with E-state index in [0.717, 1.165) is 40.4 Å². The fourth-order valence-electron chi connectivity index (χ4n) is 6.54. The molecule has 254 valence electrons. The highest BCUT2D eigenvalue weighted by Gasteiger charge is 2.45. The highest BCUT2D eigenvalue weighted by Crippen LogP contribution is 2.36. The minimum atomic E-state index is -0.994. The van der Waals surface area contributed by atoms with E-state index in [1.807, 2.05) is 42.5 Å². The van der Waals surface area contributed by atoms with Crippen LogP contribution in [0.15, 0.2) is 79.1 Å². The van der Waals surface area contributed by atoms with Gasteiger partial charge in [-0.15, -0.1) is 0 Å². The van der Waals surface area contributed by atoms with Crippen molar-refractivity contribution in [3.8, 4) is 17.2 Å². The minimum absolute atomic E-state index is 0.0769. The molecule has 4 heterocycles. The van der Waals surface area contributed by atoms with Crippen molar-refractivity contribution in [1.82, 2.24) is 20.2 Å². The van der Waals surface area contributed by atoms with Crippen molar-refractivity contribution in [2.75, 3.05) is 18.1 Å². The Labute approximate surface area is 288 Å². The van der Waals surface area contributed by atoms with Crippen LogP contribution in [0.25, 0.3) is 0 Å². The molecule has 0 aliphatic carbocycles. The molecule has 3 aliphatic rings. The van der Waals surface area contributed by atoms with Gasteiger partial charge in [0.1, 0.15) is 24.1 Å². The lowest BCUT2D eigenvalue weighted by atomic mass is 9.78. The number of imide groups is 2. The van der Waals surface area contributed by atoms with E-state index < -0.39 is 29.7 Å². The molecule has 0 spiro atoms. The van der Waals surface area contributed by atoms with E-state index in [2.05, 4.69) is 46.2 Å². The largest absolute Gasteiger partial charge is 0.491 e. The van der Waals surface area contributed by atoms with Gasteiger partial charge in [-0.1, -0.05) is 38.1 Å². The maximum atomic E-state index is 13.3. The number of rotatable bonds is 10. The summed E-state index contributed by atoms with van der Waals surface area (Å²) >= 11 is 0. The van der Waals surface area contributed by atoms with Crippen molar-refractivity contribution < 1.29 is 33.4 Å². The van der Waals surface area contributed by atoms with Crippen LogP contribution in [0, 0.1) is 0 Å². The van der Waals surface area contributed by atoms with Gasteiger partial charge < -0.3 is 14.4 Å². The Balaban J connectivity index is 0.956. The lowest BCUT2D eigenvalue weighted by Crippen LogP contribution is -2.54. The van der Waals surface area contributed by atoms with Gasteiger partial charge in [-0.2, -0.15) is 0 Å². The third kappa shape index (κ3) is 6.08. The first-order valence-electron chi connectivity index (χ1n) is 16.5. The number of nitrogens with zero attached hydrogens (tertiary/aromatic N) is 4. The smallest absolute Gasteiger partial charge is 0.262 e. The molecular weight excluding hydrogens is 638 g/mol. The van der Waals surface area contributed by atoms with Crippen molar-refractivity contribution in [3.63, 3.8) is 0 Å². The zero-order chi connectivity index (χ0) is 35.2. The fraction of sp³-hybridized carbons (Fsp3) is 0.289. The van der Waals surface area contributed by atoms with Gasteiger partial charge in [0.25, 0.3) is 11.8 Å². The summed E-state index contributed by atoms with van der Waals surface area (Å²) in [6.45, 7) is 6.94. The maximum absolute atomic E-state index is 13.3. The summed E-state index contributed by atoms with van der Waals surface area (Å²) in [5.74, 6) is -0.309. The highest BCUT2D eigenvalue weighted by atomic mass is 16.5. The summed E-state index contributed by atoms with van der Waals surface area (Å²) < 4.78 is 12.0. The number of carbonyl (C=O) groups is 5. The van der Waals surface area contributed by atoms with Crippen LogP contribution in [-0.2, 0) is 15.0 Å². The van der Waals surface area contributed by atoms with E-state index in [-0.39, 0.29) is 47.0 Å². The first kappa shape index (κ1) is 32.6. The topological polar surface area (TPSA) is 148 Å². The summed E-state index contributed by atoms with van der Waals surface area (Å²) in [5.41, 5.74) is 3.24. The molecule has 4 aromatic rings. The van der Waals surface area contributed by atoms with Crippen molar-refractivity contribution >= 4 is 35.1 Å². The standard InChI is InChI=1S/C38H35N5O7/c1-22(44)34-39-19-29(20-40-34)50-28-11-6-24(7-12-28)38(2,3)23-4-9-27(10-5-23)49-21-26-16-17-42(26)25-8-13-30-31(18-25)37(48)43(36(30)47)32-14-15-33(45)41-35(32)46/h4-13,18-20,26,32H,14-17,21H2,1-3H3,(H,41,45,46)/t26-,32?/m0/s1. The molecule has 12 nitrogen and oxygen atoms in total. The number of amides is 4. The number of ether oxygens (including phenoxy) is 2. The lowest BCUT2D eigenvalue weighted by molar-refractivity contribution is -0.136. The SMILES string of the molecule is CC(=O)c1ncc(Oc2ccc(C(C)(C)c3ccc(OC[C@@H]4CCN4c4ccc5c(c4)C(=O)N(C4CCC(=O)NC4=O)C5=O)cc3)cc2)cn1. The molecule has 1 N–H and O–H groups in total. The zero-order valence-electron chi connectivity index (χ0n) is 27.8. The van der Waals surface area contributed by atoms with E-state index in [1.165, 1.54) is 19.3 Å². The molecule has 1 aromatic heterocycles. The average Bonchev–Trinajstić information content (AvgIpc) is 3.33. The van der Waals surface area contributed by atoms with E-state index in [9.17, 15) is 24.0 Å². The van der Waals surface area contributed by atoms with Crippen molar-refractivity contribution in [2.24, 2.45) is 0 Å². The van der Waals surface area contributed by atoms with Crippen LogP contribution in [0.5, 0.6) is 17.2 Å². The number of ketones is 1. The zero-order valence-corrected chi connectivity index (χ0v) is 27.8. The van der Waals surface area contributed by atoms with Crippen molar-refractivity contribution in [2.45, 2.75) is 57.5 Å². The van der Waals surface area contributed by atoms with Crippen LogP contribution in [0.1, 0.15) is 82.5 Å². The molecule has 2 atom stereocenters.